The largest absolute Gasteiger partial charge is 0.478 e. The van der Waals surface area contributed by atoms with Gasteiger partial charge in [0.2, 0.25) is 5.91 Å². The molecular formula is C11H12ClNO3. The van der Waals surface area contributed by atoms with Crippen LogP contribution in [0.2, 0.25) is 0 Å². The summed E-state index contributed by atoms with van der Waals surface area (Å²) in [6, 6.07) is 5.96. The van der Waals surface area contributed by atoms with E-state index in [-0.39, 0.29) is 23.3 Å². The summed E-state index contributed by atoms with van der Waals surface area (Å²) < 4.78 is 0. The number of carbonyl (C=O) groups is 2. The molecule has 0 saturated carbocycles. The molecule has 4 nitrogen and oxygen atoms in total. The smallest absolute Gasteiger partial charge is 0.335 e. The van der Waals surface area contributed by atoms with Crippen LogP contribution in [0.5, 0.6) is 0 Å². The average Bonchev–Trinajstić information content (AvgIpc) is 2.28. The molecule has 0 radical (unpaired) electrons. The number of amides is 1. The molecule has 0 bridgehead atoms. The summed E-state index contributed by atoms with van der Waals surface area (Å²) in [4.78, 5) is 22.0. The highest BCUT2D eigenvalue weighted by molar-refractivity contribution is 6.19. The second kappa shape index (κ2) is 5.51. The highest BCUT2D eigenvalue weighted by Crippen LogP contribution is 2.11. The molecule has 1 aromatic rings. The predicted molar refractivity (Wildman–Crippen MR) is 61.9 cm³/mol. The summed E-state index contributed by atoms with van der Waals surface area (Å²) in [6.45, 7) is 1.72. The lowest BCUT2D eigenvalue weighted by Crippen LogP contribution is -2.21. The first-order valence-corrected chi connectivity index (χ1v) is 5.28. The molecule has 2 N–H and O–H groups in total. The van der Waals surface area contributed by atoms with Gasteiger partial charge in [0.25, 0.3) is 0 Å². The fraction of sp³-hybridized carbons (Fsp3) is 0.273. The van der Waals surface area contributed by atoms with E-state index in [2.05, 4.69) is 5.32 Å². The van der Waals surface area contributed by atoms with Crippen LogP contribution in [0.15, 0.2) is 24.3 Å². The van der Waals surface area contributed by atoms with Crippen LogP contribution in [-0.2, 0) is 4.79 Å². The van der Waals surface area contributed by atoms with E-state index in [1.54, 1.807) is 19.1 Å². The molecule has 16 heavy (non-hydrogen) atoms. The Morgan fingerprint density at radius 3 is 2.38 bits per heavy atom. The van der Waals surface area contributed by atoms with E-state index in [9.17, 15) is 9.59 Å². The molecule has 0 saturated heterocycles. The average molecular weight is 242 g/mol. The van der Waals surface area contributed by atoms with E-state index >= 15 is 0 Å². The Balaban J connectivity index is 2.69. The zero-order chi connectivity index (χ0) is 12.1. The minimum atomic E-state index is -0.994. The van der Waals surface area contributed by atoms with Gasteiger partial charge in [-0.05, 0) is 24.3 Å². The standard InChI is InChI=1S/C11H12ClNO3/c1-7(6-12)10(14)13-9-4-2-8(3-5-9)11(15)16/h2-5,7H,6H2,1H3,(H,13,14)(H,15,16). The summed E-state index contributed by atoms with van der Waals surface area (Å²) in [7, 11) is 0. The first-order valence-electron chi connectivity index (χ1n) is 4.74. The molecule has 0 heterocycles. The highest BCUT2D eigenvalue weighted by atomic mass is 35.5. The number of carboxylic acids is 1. The van der Waals surface area contributed by atoms with Gasteiger partial charge >= 0.3 is 5.97 Å². The number of rotatable bonds is 4. The lowest BCUT2D eigenvalue weighted by molar-refractivity contribution is -0.118. The van der Waals surface area contributed by atoms with Crippen LogP contribution in [0.4, 0.5) is 5.69 Å². The predicted octanol–water partition coefficient (Wildman–Crippen LogP) is 2.20. The molecule has 1 unspecified atom stereocenters. The van der Waals surface area contributed by atoms with Gasteiger partial charge in [0.15, 0.2) is 0 Å². The van der Waals surface area contributed by atoms with Crippen LogP contribution in [0.25, 0.3) is 0 Å². The van der Waals surface area contributed by atoms with Gasteiger partial charge < -0.3 is 10.4 Å². The maximum Gasteiger partial charge on any atom is 0.335 e. The Morgan fingerprint density at radius 2 is 1.94 bits per heavy atom. The number of hydrogen-bond donors (Lipinski definition) is 2. The number of anilines is 1. The number of halogens is 1. The molecule has 0 aromatic heterocycles. The molecule has 1 amide bonds. The molecule has 1 atom stereocenters. The van der Waals surface area contributed by atoms with Crippen molar-refractivity contribution in [2.45, 2.75) is 6.92 Å². The molecule has 0 aliphatic rings. The molecular weight excluding hydrogens is 230 g/mol. The Morgan fingerprint density at radius 1 is 1.38 bits per heavy atom. The van der Waals surface area contributed by atoms with Crippen molar-refractivity contribution in [3.63, 3.8) is 0 Å². The van der Waals surface area contributed by atoms with Crippen molar-refractivity contribution in [2.24, 2.45) is 5.92 Å². The molecule has 0 fully saturated rings. The summed E-state index contributed by atoms with van der Waals surface area (Å²) in [5.41, 5.74) is 0.746. The van der Waals surface area contributed by atoms with Crippen LogP contribution >= 0.6 is 11.6 Å². The third-order valence-electron chi connectivity index (χ3n) is 2.08. The normalized spacial score (nSPS) is 11.9. The summed E-state index contributed by atoms with van der Waals surface area (Å²) >= 11 is 5.54. The molecule has 86 valence electrons. The molecule has 0 spiro atoms. The van der Waals surface area contributed by atoms with Crippen LogP contribution < -0.4 is 5.32 Å². The minimum Gasteiger partial charge on any atom is -0.478 e. The Hall–Kier alpha value is -1.55. The third kappa shape index (κ3) is 3.24. The van der Waals surface area contributed by atoms with Gasteiger partial charge in [-0.1, -0.05) is 6.92 Å². The fourth-order valence-corrected chi connectivity index (χ4v) is 1.17. The van der Waals surface area contributed by atoms with Crippen LogP contribution in [0.3, 0.4) is 0 Å². The monoisotopic (exact) mass is 241 g/mol. The lowest BCUT2D eigenvalue weighted by Gasteiger charge is -2.09. The van der Waals surface area contributed by atoms with E-state index < -0.39 is 5.97 Å². The highest BCUT2D eigenvalue weighted by Gasteiger charge is 2.11. The summed E-state index contributed by atoms with van der Waals surface area (Å²) in [5, 5.41) is 11.3. The number of hydrogen-bond acceptors (Lipinski definition) is 2. The van der Waals surface area contributed by atoms with Crippen molar-refractivity contribution >= 4 is 29.2 Å². The number of aromatic carboxylic acids is 1. The summed E-state index contributed by atoms with van der Waals surface area (Å²) in [5.74, 6) is -1.20. The zero-order valence-electron chi connectivity index (χ0n) is 8.74. The van der Waals surface area contributed by atoms with Crippen molar-refractivity contribution in [2.75, 3.05) is 11.2 Å². The third-order valence-corrected chi connectivity index (χ3v) is 2.54. The second-order valence-electron chi connectivity index (χ2n) is 3.43. The first kappa shape index (κ1) is 12.5. The first-order chi connectivity index (χ1) is 7.54. The Bertz CT molecular complexity index is 389. The van der Waals surface area contributed by atoms with Gasteiger partial charge in [-0.2, -0.15) is 0 Å². The van der Waals surface area contributed by atoms with Crippen LogP contribution in [-0.4, -0.2) is 22.9 Å². The van der Waals surface area contributed by atoms with Gasteiger partial charge in [-0.15, -0.1) is 11.6 Å². The molecule has 1 rings (SSSR count). The van der Waals surface area contributed by atoms with Gasteiger partial charge in [0.05, 0.1) is 5.56 Å². The number of carboxylic acid groups (broad SMARTS) is 1. The van der Waals surface area contributed by atoms with E-state index in [1.807, 2.05) is 0 Å². The number of nitrogens with one attached hydrogen (secondary N) is 1. The van der Waals surface area contributed by atoms with E-state index in [0.717, 1.165) is 0 Å². The topological polar surface area (TPSA) is 66.4 Å². The number of carbonyl (C=O) groups excluding carboxylic acids is 1. The summed E-state index contributed by atoms with van der Waals surface area (Å²) in [6.07, 6.45) is 0. The molecule has 1 aromatic carbocycles. The van der Waals surface area contributed by atoms with Crippen LogP contribution in [0, 0.1) is 5.92 Å². The Labute approximate surface area is 98.2 Å². The zero-order valence-corrected chi connectivity index (χ0v) is 9.49. The van der Waals surface area contributed by atoms with Crippen molar-refractivity contribution in [3.05, 3.63) is 29.8 Å². The van der Waals surface area contributed by atoms with Gasteiger partial charge in [-0.3, -0.25) is 4.79 Å². The lowest BCUT2D eigenvalue weighted by atomic mass is 10.1. The quantitative estimate of drug-likeness (QED) is 0.795. The van der Waals surface area contributed by atoms with E-state index in [1.165, 1.54) is 12.1 Å². The van der Waals surface area contributed by atoms with E-state index in [0.29, 0.717) is 5.69 Å². The fourth-order valence-electron chi connectivity index (χ4n) is 1.03. The van der Waals surface area contributed by atoms with Gasteiger partial charge in [0, 0.05) is 17.5 Å². The molecule has 5 heteroatoms. The van der Waals surface area contributed by atoms with E-state index in [4.69, 9.17) is 16.7 Å². The Kier molecular flexibility index (Phi) is 4.31. The molecule has 0 aliphatic heterocycles. The maximum atomic E-state index is 11.5. The van der Waals surface area contributed by atoms with Crippen molar-refractivity contribution in [1.29, 1.82) is 0 Å². The number of benzene rings is 1. The van der Waals surface area contributed by atoms with Crippen molar-refractivity contribution in [3.8, 4) is 0 Å². The maximum absolute atomic E-state index is 11.5. The van der Waals surface area contributed by atoms with Gasteiger partial charge in [0.1, 0.15) is 0 Å². The second-order valence-corrected chi connectivity index (χ2v) is 3.74. The van der Waals surface area contributed by atoms with Gasteiger partial charge in [-0.25, -0.2) is 4.79 Å². The SMILES string of the molecule is CC(CCl)C(=O)Nc1ccc(C(=O)O)cc1. The number of alkyl halides is 1. The van der Waals surface area contributed by atoms with Crippen molar-refractivity contribution < 1.29 is 14.7 Å². The van der Waals surface area contributed by atoms with Crippen LogP contribution in [0.1, 0.15) is 17.3 Å². The molecule has 0 aliphatic carbocycles. The minimum absolute atomic E-state index is 0.182. The van der Waals surface area contributed by atoms with Crippen molar-refractivity contribution in [1.82, 2.24) is 0 Å².